The molecule has 2 aromatic rings. The summed E-state index contributed by atoms with van der Waals surface area (Å²) in [6.45, 7) is 1.91. The summed E-state index contributed by atoms with van der Waals surface area (Å²) >= 11 is 6.11. The standard InChI is InChI=1S/C14H12ClNO2/c1-10-7-8-13(12(15)9-10)16(14(17)18)11-5-3-2-4-6-11/h2-9H,1H3,(H,17,18). The van der Waals surface area contributed by atoms with Crippen LogP contribution in [0.25, 0.3) is 0 Å². The molecular weight excluding hydrogens is 250 g/mol. The van der Waals surface area contributed by atoms with Crippen LogP contribution >= 0.6 is 11.6 Å². The molecule has 0 fully saturated rings. The number of benzene rings is 2. The first-order chi connectivity index (χ1) is 8.59. The number of hydrogen-bond acceptors (Lipinski definition) is 1. The summed E-state index contributed by atoms with van der Waals surface area (Å²) in [5.41, 5.74) is 2.01. The Labute approximate surface area is 110 Å². The highest BCUT2D eigenvalue weighted by molar-refractivity contribution is 6.34. The van der Waals surface area contributed by atoms with Crippen LogP contribution in [0.1, 0.15) is 5.56 Å². The van der Waals surface area contributed by atoms with Gasteiger partial charge in [0.1, 0.15) is 0 Å². The fourth-order valence-electron chi connectivity index (χ4n) is 1.72. The highest BCUT2D eigenvalue weighted by Gasteiger charge is 2.19. The molecule has 0 saturated carbocycles. The molecule has 0 spiro atoms. The number of hydrogen-bond donors (Lipinski definition) is 1. The van der Waals surface area contributed by atoms with Gasteiger partial charge in [-0.05, 0) is 36.8 Å². The second-order valence-corrected chi connectivity index (χ2v) is 4.32. The average Bonchev–Trinajstić information content (AvgIpc) is 2.33. The van der Waals surface area contributed by atoms with Crippen LogP contribution in [-0.2, 0) is 0 Å². The van der Waals surface area contributed by atoms with Crippen LogP contribution < -0.4 is 4.90 Å². The van der Waals surface area contributed by atoms with Crippen molar-refractivity contribution in [1.82, 2.24) is 0 Å². The van der Waals surface area contributed by atoms with Crippen LogP contribution in [0, 0.1) is 6.92 Å². The summed E-state index contributed by atoms with van der Waals surface area (Å²) in [5, 5.41) is 9.76. The summed E-state index contributed by atoms with van der Waals surface area (Å²) in [6.07, 6.45) is -1.06. The Balaban J connectivity index is 2.52. The van der Waals surface area contributed by atoms with E-state index < -0.39 is 6.09 Å². The van der Waals surface area contributed by atoms with Gasteiger partial charge in [0.15, 0.2) is 0 Å². The summed E-state index contributed by atoms with van der Waals surface area (Å²) in [7, 11) is 0. The Kier molecular flexibility index (Phi) is 3.53. The zero-order valence-corrected chi connectivity index (χ0v) is 10.6. The minimum absolute atomic E-state index is 0.418. The van der Waals surface area contributed by atoms with Gasteiger partial charge in [-0.15, -0.1) is 0 Å². The number of nitrogens with zero attached hydrogens (tertiary/aromatic N) is 1. The van der Waals surface area contributed by atoms with E-state index in [9.17, 15) is 9.90 Å². The van der Waals surface area contributed by atoms with Crippen molar-refractivity contribution in [3.8, 4) is 0 Å². The molecule has 1 N–H and O–H groups in total. The van der Waals surface area contributed by atoms with E-state index in [1.165, 1.54) is 4.90 Å². The first-order valence-corrected chi connectivity index (χ1v) is 5.81. The summed E-state index contributed by atoms with van der Waals surface area (Å²) in [6, 6.07) is 14.1. The lowest BCUT2D eigenvalue weighted by Crippen LogP contribution is -2.23. The number of amides is 1. The Morgan fingerprint density at radius 3 is 2.39 bits per heavy atom. The van der Waals surface area contributed by atoms with E-state index in [0.717, 1.165) is 5.56 Å². The molecule has 0 aliphatic heterocycles. The van der Waals surface area contributed by atoms with E-state index in [2.05, 4.69) is 0 Å². The predicted molar refractivity (Wildman–Crippen MR) is 72.8 cm³/mol. The molecule has 0 radical (unpaired) electrons. The normalized spacial score (nSPS) is 10.1. The maximum absolute atomic E-state index is 11.4. The number of anilines is 2. The highest BCUT2D eigenvalue weighted by atomic mass is 35.5. The highest BCUT2D eigenvalue weighted by Crippen LogP contribution is 2.32. The molecule has 0 unspecified atom stereocenters. The summed E-state index contributed by atoms with van der Waals surface area (Å²) in [4.78, 5) is 12.6. The molecule has 2 aromatic carbocycles. The third-order valence-electron chi connectivity index (χ3n) is 2.55. The van der Waals surface area contributed by atoms with Gasteiger partial charge in [-0.3, -0.25) is 0 Å². The molecule has 0 aromatic heterocycles. The second kappa shape index (κ2) is 5.10. The molecule has 4 heteroatoms. The van der Waals surface area contributed by atoms with Crippen molar-refractivity contribution in [3.63, 3.8) is 0 Å². The van der Waals surface area contributed by atoms with Crippen molar-refractivity contribution >= 4 is 29.1 Å². The third kappa shape index (κ3) is 2.46. The summed E-state index contributed by atoms with van der Waals surface area (Å²) < 4.78 is 0. The van der Waals surface area contributed by atoms with Gasteiger partial charge >= 0.3 is 6.09 Å². The van der Waals surface area contributed by atoms with Crippen LogP contribution in [0.4, 0.5) is 16.2 Å². The SMILES string of the molecule is Cc1ccc(N(C(=O)O)c2ccccc2)c(Cl)c1. The Hall–Kier alpha value is -2.00. The Morgan fingerprint density at radius 2 is 1.83 bits per heavy atom. The minimum atomic E-state index is -1.06. The van der Waals surface area contributed by atoms with Gasteiger partial charge in [0.05, 0.1) is 16.4 Å². The third-order valence-corrected chi connectivity index (χ3v) is 2.85. The molecular formula is C14H12ClNO2. The zero-order valence-electron chi connectivity index (χ0n) is 9.80. The van der Waals surface area contributed by atoms with Crippen molar-refractivity contribution in [2.75, 3.05) is 4.90 Å². The minimum Gasteiger partial charge on any atom is -0.464 e. The van der Waals surface area contributed by atoms with Gasteiger partial charge in [-0.1, -0.05) is 35.9 Å². The van der Waals surface area contributed by atoms with E-state index in [-0.39, 0.29) is 0 Å². The van der Waals surface area contributed by atoms with Gasteiger partial charge in [0, 0.05) is 0 Å². The fraction of sp³-hybridized carbons (Fsp3) is 0.0714. The van der Waals surface area contributed by atoms with Gasteiger partial charge in [0.2, 0.25) is 0 Å². The van der Waals surface area contributed by atoms with Crippen LogP contribution in [0.15, 0.2) is 48.5 Å². The Bertz CT molecular complexity index is 569. The van der Waals surface area contributed by atoms with Crippen molar-refractivity contribution in [3.05, 3.63) is 59.1 Å². The van der Waals surface area contributed by atoms with Crippen LogP contribution in [0.2, 0.25) is 5.02 Å². The van der Waals surface area contributed by atoms with E-state index in [4.69, 9.17) is 11.6 Å². The molecule has 92 valence electrons. The first kappa shape index (κ1) is 12.5. The lowest BCUT2D eigenvalue weighted by atomic mass is 10.2. The maximum atomic E-state index is 11.4. The number of halogens is 1. The zero-order chi connectivity index (χ0) is 13.1. The van der Waals surface area contributed by atoms with Crippen molar-refractivity contribution < 1.29 is 9.90 Å². The van der Waals surface area contributed by atoms with Crippen molar-refractivity contribution in [2.45, 2.75) is 6.92 Å². The lowest BCUT2D eigenvalue weighted by Gasteiger charge is -2.20. The van der Waals surface area contributed by atoms with Crippen LogP contribution in [0.5, 0.6) is 0 Å². The fourth-order valence-corrected chi connectivity index (χ4v) is 2.04. The van der Waals surface area contributed by atoms with E-state index >= 15 is 0 Å². The molecule has 2 rings (SSSR count). The molecule has 0 saturated heterocycles. The average molecular weight is 262 g/mol. The molecule has 0 aliphatic rings. The smallest absolute Gasteiger partial charge is 0.416 e. The first-order valence-electron chi connectivity index (χ1n) is 5.44. The summed E-state index contributed by atoms with van der Waals surface area (Å²) in [5.74, 6) is 0. The largest absolute Gasteiger partial charge is 0.464 e. The van der Waals surface area contributed by atoms with Crippen molar-refractivity contribution in [2.24, 2.45) is 0 Å². The molecule has 1 amide bonds. The number of aryl methyl sites for hydroxylation is 1. The van der Waals surface area contributed by atoms with Crippen LogP contribution in [-0.4, -0.2) is 11.2 Å². The number of carbonyl (C=O) groups is 1. The molecule has 18 heavy (non-hydrogen) atoms. The molecule has 0 atom stereocenters. The Morgan fingerprint density at radius 1 is 1.17 bits per heavy atom. The quantitative estimate of drug-likeness (QED) is 0.867. The molecule has 0 aliphatic carbocycles. The van der Waals surface area contributed by atoms with Gasteiger partial charge in [0.25, 0.3) is 0 Å². The number of rotatable bonds is 2. The van der Waals surface area contributed by atoms with E-state index in [0.29, 0.717) is 16.4 Å². The van der Waals surface area contributed by atoms with Crippen LogP contribution in [0.3, 0.4) is 0 Å². The monoisotopic (exact) mass is 261 g/mol. The van der Waals surface area contributed by atoms with E-state index in [1.807, 2.05) is 19.1 Å². The van der Waals surface area contributed by atoms with Gasteiger partial charge in [-0.2, -0.15) is 0 Å². The maximum Gasteiger partial charge on any atom is 0.416 e. The number of carboxylic acid groups (broad SMARTS) is 1. The predicted octanol–water partition coefficient (Wildman–Crippen LogP) is 4.46. The van der Waals surface area contributed by atoms with Crippen molar-refractivity contribution in [1.29, 1.82) is 0 Å². The second-order valence-electron chi connectivity index (χ2n) is 3.91. The van der Waals surface area contributed by atoms with Gasteiger partial charge in [-0.25, -0.2) is 9.69 Å². The number of para-hydroxylation sites is 1. The topological polar surface area (TPSA) is 40.5 Å². The molecule has 0 bridgehead atoms. The van der Waals surface area contributed by atoms with Gasteiger partial charge < -0.3 is 5.11 Å². The van der Waals surface area contributed by atoms with E-state index in [1.54, 1.807) is 36.4 Å². The molecule has 3 nitrogen and oxygen atoms in total. The lowest BCUT2D eigenvalue weighted by molar-refractivity contribution is 0.205. The molecule has 0 heterocycles.